The number of hydrogen-bond acceptors (Lipinski definition) is 7. The molecule has 3 rings (SSSR count). The van der Waals surface area contributed by atoms with E-state index in [0.717, 1.165) is 21.0 Å². The zero-order chi connectivity index (χ0) is 21.9. The molecule has 0 unspecified atom stereocenters. The third kappa shape index (κ3) is 4.88. The van der Waals surface area contributed by atoms with Gasteiger partial charge in [0.1, 0.15) is 12.6 Å². The summed E-state index contributed by atoms with van der Waals surface area (Å²) in [4.78, 5) is 19.9. The van der Waals surface area contributed by atoms with Crippen LogP contribution < -0.4 is 4.31 Å². The second-order valence-electron chi connectivity index (χ2n) is 6.91. The lowest BCUT2D eigenvalue weighted by molar-refractivity contribution is -0.132. The molecule has 10 heteroatoms. The summed E-state index contributed by atoms with van der Waals surface area (Å²) in [6.45, 7) is 5.78. The van der Waals surface area contributed by atoms with Crippen LogP contribution in [0.3, 0.4) is 0 Å². The van der Waals surface area contributed by atoms with Crippen LogP contribution in [0.25, 0.3) is 10.7 Å². The quantitative estimate of drug-likeness (QED) is 0.524. The maximum absolute atomic E-state index is 13.2. The van der Waals surface area contributed by atoms with Crippen molar-refractivity contribution < 1.29 is 17.7 Å². The van der Waals surface area contributed by atoms with E-state index >= 15 is 0 Å². The van der Waals surface area contributed by atoms with Gasteiger partial charge < -0.3 is 9.42 Å². The van der Waals surface area contributed by atoms with Crippen LogP contribution in [-0.2, 0) is 21.4 Å². The van der Waals surface area contributed by atoms with Crippen molar-refractivity contribution in [2.45, 2.75) is 33.4 Å². The number of carbonyl (C=O) groups is 1. The van der Waals surface area contributed by atoms with Crippen molar-refractivity contribution in [1.82, 2.24) is 15.0 Å². The number of thiophene rings is 1. The Morgan fingerprint density at radius 1 is 1.23 bits per heavy atom. The number of rotatable bonds is 8. The van der Waals surface area contributed by atoms with Gasteiger partial charge in [-0.25, -0.2) is 8.42 Å². The van der Waals surface area contributed by atoms with Gasteiger partial charge in [-0.15, -0.1) is 11.3 Å². The van der Waals surface area contributed by atoms with Crippen molar-refractivity contribution >= 4 is 33.0 Å². The van der Waals surface area contributed by atoms with Gasteiger partial charge in [0.25, 0.3) is 0 Å². The molecule has 0 aliphatic heterocycles. The van der Waals surface area contributed by atoms with Gasteiger partial charge in [-0.1, -0.05) is 28.9 Å². The number of aromatic nitrogens is 2. The molecule has 160 valence electrons. The number of aryl methyl sites for hydroxylation is 1. The van der Waals surface area contributed by atoms with Gasteiger partial charge in [-0.05, 0) is 44.4 Å². The average Bonchev–Trinajstić information content (AvgIpc) is 3.37. The summed E-state index contributed by atoms with van der Waals surface area (Å²) < 4.78 is 31.4. The van der Waals surface area contributed by atoms with E-state index in [1.165, 1.54) is 16.2 Å². The van der Waals surface area contributed by atoms with Crippen LogP contribution in [0.1, 0.15) is 25.3 Å². The summed E-state index contributed by atoms with van der Waals surface area (Å²) in [5.41, 5.74) is 1.44. The van der Waals surface area contributed by atoms with Gasteiger partial charge in [0.15, 0.2) is 0 Å². The number of hydrogen-bond donors (Lipinski definition) is 0. The molecule has 0 aliphatic carbocycles. The maximum atomic E-state index is 13.2. The Labute approximate surface area is 180 Å². The van der Waals surface area contributed by atoms with Crippen LogP contribution in [0.5, 0.6) is 0 Å². The SMILES string of the molecule is CCN(Cc1nc(-c2cccs2)no1)C(=O)[C@H](C)N(c1ccc(C)cc1)S(C)(=O)=O. The highest BCUT2D eigenvalue weighted by molar-refractivity contribution is 7.92. The number of nitrogens with zero attached hydrogens (tertiary/aromatic N) is 4. The number of carbonyl (C=O) groups excluding carboxylic acids is 1. The van der Waals surface area contributed by atoms with Gasteiger partial charge in [0.05, 0.1) is 16.8 Å². The Morgan fingerprint density at radius 3 is 2.50 bits per heavy atom. The molecule has 0 bridgehead atoms. The lowest BCUT2D eigenvalue weighted by Gasteiger charge is -2.31. The summed E-state index contributed by atoms with van der Waals surface area (Å²) in [6, 6.07) is 9.87. The minimum absolute atomic E-state index is 0.101. The van der Waals surface area contributed by atoms with E-state index in [1.807, 2.05) is 43.5 Å². The van der Waals surface area contributed by atoms with E-state index in [0.29, 0.717) is 23.9 Å². The van der Waals surface area contributed by atoms with E-state index in [9.17, 15) is 13.2 Å². The van der Waals surface area contributed by atoms with Crippen LogP contribution in [0, 0.1) is 6.92 Å². The largest absolute Gasteiger partial charge is 0.337 e. The third-order valence-electron chi connectivity index (χ3n) is 4.58. The highest BCUT2D eigenvalue weighted by Gasteiger charge is 2.32. The monoisotopic (exact) mass is 448 g/mol. The smallest absolute Gasteiger partial charge is 0.246 e. The number of benzene rings is 1. The summed E-state index contributed by atoms with van der Waals surface area (Å²) in [6.07, 6.45) is 1.10. The minimum Gasteiger partial charge on any atom is -0.337 e. The second kappa shape index (κ2) is 8.97. The standard InChI is InChI=1S/C20H24N4O4S2/c1-5-23(13-18-21-19(22-28-18)17-7-6-12-29-17)20(25)15(3)24(30(4,26)27)16-10-8-14(2)9-11-16/h6-12,15H,5,13H2,1-4H3/t15-/m0/s1. The first-order chi connectivity index (χ1) is 14.2. The van der Waals surface area contributed by atoms with Crippen molar-refractivity contribution in [3.63, 3.8) is 0 Å². The summed E-state index contributed by atoms with van der Waals surface area (Å²) in [5.74, 6) is 0.412. The molecule has 1 atom stereocenters. The lowest BCUT2D eigenvalue weighted by atomic mass is 10.2. The molecule has 30 heavy (non-hydrogen) atoms. The predicted molar refractivity (Wildman–Crippen MR) is 117 cm³/mol. The fourth-order valence-corrected chi connectivity index (χ4v) is 4.91. The molecule has 1 aromatic carbocycles. The zero-order valence-electron chi connectivity index (χ0n) is 17.3. The average molecular weight is 449 g/mol. The molecule has 0 saturated carbocycles. The van der Waals surface area contributed by atoms with Gasteiger partial charge >= 0.3 is 0 Å². The molecule has 0 aliphatic rings. The lowest BCUT2D eigenvalue weighted by Crippen LogP contribution is -2.49. The van der Waals surface area contributed by atoms with Crippen LogP contribution in [0.15, 0.2) is 46.3 Å². The Bertz CT molecular complexity index is 1090. The van der Waals surface area contributed by atoms with E-state index in [-0.39, 0.29) is 12.5 Å². The van der Waals surface area contributed by atoms with E-state index in [4.69, 9.17) is 4.52 Å². The molecule has 1 amide bonds. The molecule has 0 fully saturated rings. The number of sulfonamides is 1. The van der Waals surface area contributed by atoms with Gasteiger partial charge in [0.2, 0.25) is 27.6 Å². The number of anilines is 1. The first-order valence-electron chi connectivity index (χ1n) is 9.42. The van der Waals surface area contributed by atoms with Crippen LogP contribution in [-0.4, -0.2) is 48.2 Å². The van der Waals surface area contributed by atoms with E-state index in [2.05, 4.69) is 10.1 Å². The molecule has 2 heterocycles. The summed E-state index contributed by atoms with van der Waals surface area (Å²) in [7, 11) is -3.68. The number of amides is 1. The van der Waals surface area contributed by atoms with Crippen molar-refractivity contribution in [1.29, 1.82) is 0 Å². The van der Waals surface area contributed by atoms with E-state index in [1.54, 1.807) is 19.1 Å². The topological polar surface area (TPSA) is 96.6 Å². The van der Waals surface area contributed by atoms with Crippen molar-refractivity contribution in [2.24, 2.45) is 0 Å². The second-order valence-corrected chi connectivity index (χ2v) is 9.72. The number of likely N-dealkylation sites (N-methyl/N-ethyl adjacent to an activating group) is 1. The highest BCUT2D eigenvalue weighted by atomic mass is 32.2. The molecule has 2 aromatic heterocycles. The molecule has 0 radical (unpaired) electrons. The van der Waals surface area contributed by atoms with Crippen LogP contribution in [0.2, 0.25) is 0 Å². The Morgan fingerprint density at radius 2 is 1.93 bits per heavy atom. The molecular formula is C20H24N4O4S2. The molecule has 8 nitrogen and oxygen atoms in total. The van der Waals surface area contributed by atoms with Crippen molar-refractivity contribution in [3.8, 4) is 10.7 Å². The van der Waals surface area contributed by atoms with Crippen LogP contribution in [0.4, 0.5) is 5.69 Å². The Kier molecular flexibility index (Phi) is 6.57. The Hall–Kier alpha value is -2.72. The molecule has 0 saturated heterocycles. The molecule has 0 N–H and O–H groups in total. The van der Waals surface area contributed by atoms with Crippen LogP contribution >= 0.6 is 11.3 Å². The van der Waals surface area contributed by atoms with Gasteiger partial charge in [-0.3, -0.25) is 9.10 Å². The fraction of sp³-hybridized carbons (Fsp3) is 0.350. The Balaban J connectivity index is 1.81. The first-order valence-corrected chi connectivity index (χ1v) is 12.1. The maximum Gasteiger partial charge on any atom is 0.246 e. The first kappa shape index (κ1) is 22.0. The fourth-order valence-electron chi connectivity index (χ4n) is 3.09. The molecule has 0 spiro atoms. The molecular weight excluding hydrogens is 424 g/mol. The zero-order valence-corrected chi connectivity index (χ0v) is 18.9. The minimum atomic E-state index is -3.68. The molecule has 3 aromatic rings. The van der Waals surface area contributed by atoms with Gasteiger partial charge in [-0.2, -0.15) is 4.98 Å². The van der Waals surface area contributed by atoms with E-state index < -0.39 is 16.1 Å². The van der Waals surface area contributed by atoms with Gasteiger partial charge in [0, 0.05) is 6.54 Å². The predicted octanol–water partition coefficient (Wildman–Crippen LogP) is 3.31. The normalized spacial score (nSPS) is 12.5. The third-order valence-corrected chi connectivity index (χ3v) is 6.69. The summed E-state index contributed by atoms with van der Waals surface area (Å²) >= 11 is 1.49. The van der Waals surface area contributed by atoms with Crippen molar-refractivity contribution in [2.75, 3.05) is 17.1 Å². The van der Waals surface area contributed by atoms with Crippen molar-refractivity contribution in [3.05, 3.63) is 53.2 Å². The highest BCUT2D eigenvalue weighted by Crippen LogP contribution is 2.24. The summed E-state index contributed by atoms with van der Waals surface area (Å²) in [5, 5.41) is 5.88.